The number of rotatable bonds is 7. The molecule has 0 radical (unpaired) electrons. The first-order valence-corrected chi connectivity index (χ1v) is 10.7. The van der Waals surface area contributed by atoms with Crippen molar-refractivity contribution in [2.24, 2.45) is 0 Å². The molecule has 1 amide bonds. The smallest absolute Gasteiger partial charge is 0.221 e. The number of nitrogens with one attached hydrogen (secondary N) is 2. The molecule has 6 heteroatoms. The highest BCUT2D eigenvalue weighted by molar-refractivity contribution is 7.12. The fraction of sp³-hybridized carbons (Fsp3) is 0.208. The van der Waals surface area contributed by atoms with Crippen molar-refractivity contribution in [3.8, 4) is 0 Å². The molecule has 2 N–H and O–H groups in total. The summed E-state index contributed by atoms with van der Waals surface area (Å²) in [4.78, 5) is 34.8. The molecule has 0 fully saturated rings. The van der Waals surface area contributed by atoms with Gasteiger partial charge in [0.25, 0.3) is 0 Å². The predicted octanol–water partition coefficient (Wildman–Crippen LogP) is 5.11. The van der Waals surface area contributed by atoms with Crippen LogP contribution < -0.4 is 5.32 Å². The third kappa shape index (κ3) is 4.33. The normalized spacial score (nSPS) is 12.1. The van der Waals surface area contributed by atoms with Crippen LogP contribution in [0.4, 0.5) is 0 Å². The highest BCUT2D eigenvalue weighted by Crippen LogP contribution is 2.25. The number of H-pyrrole nitrogens is 1. The number of thiophene rings is 1. The van der Waals surface area contributed by atoms with E-state index in [9.17, 15) is 9.59 Å². The van der Waals surface area contributed by atoms with Crippen LogP contribution in [-0.4, -0.2) is 21.7 Å². The van der Waals surface area contributed by atoms with Crippen molar-refractivity contribution in [3.63, 3.8) is 0 Å². The van der Waals surface area contributed by atoms with E-state index in [2.05, 4.69) is 15.3 Å². The van der Waals surface area contributed by atoms with Crippen molar-refractivity contribution in [1.82, 2.24) is 15.3 Å². The van der Waals surface area contributed by atoms with Crippen LogP contribution in [0.25, 0.3) is 11.0 Å². The molecular weight excluding hydrogens is 394 g/mol. The van der Waals surface area contributed by atoms with Gasteiger partial charge in [-0.15, -0.1) is 11.3 Å². The van der Waals surface area contributed by atoms with Crippen LogP contribution in [0.2, 0.25) is 0 Å². The van der Waals surface area contributed by atoms with Gasteiger partial charge in [0.2, 0.25) is 5.91 Å². The lowest BCUT2D eigenvalue weighted by Crippen LogP contribution is -2.29. The average molecular weight is 418 g/mol. The predicted molar refractivity (Wildman–Crippen MR) is 120 cm³/mol. The second kappa shape index (κ2) is 8.63. The molecule has 1 unspecified atom stereocenters. The quantitative estimate of drug-likeness (QED) is 0.410. The number of carbonyl (C=O) groups excluding carboxylic acids is 2. The van der Waals surface area contributed by atoms with Crippen LogP contribution in [-0.2, 0) is 4.79 Å². The molecular formula is C24H23N3O2S. The topological polar surface area (TPSA) is 74.8 Å². The summed E-state index contributed by atoms with van der Waals surface area (Å²) in [5.74, 6) is -0.131. The Labute approximate surface area is 179 Å². The van der Waals surface area contributed by atoms with Gasteiger partial charge in [0.05, 0.1) is 23.4 Å². The molecule has 0 spiro atoms. The van der Waals surface area contributed by atoms with E-state index in [1.165, 1.54) is 0 Å². The number of aromatic nitrogens is 2. The zero-order valence-corrected chi connectivity index (χ0v) is 17.8. The lowest BCUT2D eigenvalue weighted by molar-refractivity contribution is -0.121. The molecule has 0 saturated heterocycles. The SMILES string of the molecule is Cc1cc(C(=O)CCC(=O)NC(c2ccccc2)c2ccc3nc[nH]c3c2)c(C)s1. The number of hydrogen-bond donors (Lipinski definition) is 2. The van der Waals surface area contributed by atoms with Gasteiger partial charge in [-0.1, -0.05) is 36.4 Å². The summed E-state index contributed by atoms with van der Waals surface area (Å²) >= 11 is 1.61. The molecule has 2 heterocycles. The standard InChI is InChI=1S/C24H23N3O2S/c1-15-12-19(16(2)30-15)22(28)10-11-23(29)27-24(17-6-4-3-5-7-17)18-8-9-20-21(13-18)26-14-25-20/h3-9,12-14,24H,10-11H2,1-2H3,(H,25,26)(H,27,29). The number of ketones is 1. The number of fused-ring (bicyclic) bond motifs is 1. The number of imidazole rings is 1. The van der Waals surface area contributed by atoms with Crippen LogP contribution in [0.15, 0.2) is 60.9 Å². The molecule has 0 aliphatic heterocycles. The molecule has 0 aliphatic carbocycles. The molecule has 152 valence electrons. The maximum absolute atomic E-state index is 12.8. The summed E-state index contributed by atoms with van der Waals surface area (Å²) in [6.07, 6.45) is 2.01. The molecule has 0 saturated carbocycles. The Hall–Kier alpha value is -3.25. The van der Waals surface area contributed by atoms with E-state index in [0.717, 1.165) is 37.5 Å². The lowest BCUT2D eigenvalue weighted by Gasteiger charge is -2.20. The van der Waals surface area contributed by atoms with Crippen molar-refractivity contribution in [2.75, 3.05) is 0 Å². The van der Waals surface area contributed by atoms with Gasteiger partial charge < -0.3 is 10.3 Å². The first-order valence-electron chi connectivity index (χ1n) is 9.89. The highest BCUT2D eigenvalue weighted by Gasteiger charge is 2.19. The zero-order valence-electron chi connectivity index (χ0n) is 16.9. The Morgan fingerprint density at radius 1 is 1.03 bits per heavy atom. The van der Waals surface area contributed by atoms with Crippen molar-refractivity contribution in [2.45, 2.75) is 32.7 Å². The fourth-order valence-electron chi connectivity index (χ4n) is 3.64. The van der Waals surface area contributed by atoms with Gasteiger partial charge >= 0.3 is 0 Å². The third-order valence-corrected chi connectivity index (χ3v) is 6.10. The van der Waals surface area contributed by atoms with Crippen molar-refractivity contribution < 1.29 is 9.59 Å². The first-order chi connectivity index (χ1) is 14.5. The Morgan fingerprint density at radius 3 is 2.57 bits per heavy atom. The van der Waals surface area contributed by atoms with E-state index in [1.54, 1.807) is 17.7 Å². The summed E-state index contributed by atoms with van der Waals surface area (Å²) in [5, 5.41) is 3.11. The van der Waals surface area contributed by atoms with Crippen LogP contribution in [0.5, 0.6) is 0 Å². The van der Waals surface area contributed by atoms with Gasteiger partial charge in [0.15, 0.2) is 5.78 Å². The maximum Gasteiger partial charge on any atom is 0.221 e. The van der Waals surface area contributed by atoms with Crippen LogP contribution in [0.3, 0.4) is 0 Å². The maximum atomic E-state index is 12.8. The monoisotopic (exact) mass is 417 g/mol. The molecule has 4 rings (SSSR count). The van der Waals surface area contributed by atoms with E-state index < -0.39 is 0 Å². The summed E-state index contributed by atoms with van der Waals surface area (Å²) in [6, 6.07) is 17.4. The lowest BCUT2D eigenvalue weighted by atomic mass is 9.97. The van der Waals surface area contributed by atoms with Gasteiger partial charge in [-0.05, 0) is 43.2 Å². The van der Waals surface area contributed by atoms with Crippen LogP contribution >= 0.6 is 11.3 Å². The van der Waals surface area contributed by atoms with E-state index >= 15 is 0 Å². The fourth-order valence-corrected chi connectivity index (χ4v) is 4.58. The number of nitrogens with zero attached hydrogens (tertiary/aromatic N) is 1. The van der Waals surface area contributed by atoms with E-state index in [0.29, 0.717) is 0 Å². The number of aromatic amines is 1. The molecule has 4 aromatic rings. The van der Waals surface area contributed by atoms with E-state index in [-0.39, 0.29) is 30.6 Å². The first kappa shape index (κ1) is 20.0. The summed E-state index contributed by atoms with van der Waals surface area (Å²) in [7, 11) is 0. The Kier molecular flexibility index (Phi) is 5.77. The van der Waals surface area contributed by atoms with Crippen molar-refractivity contribution in [3.05, 3.63) is 87.4 Å². The molecule has 1 atom stereocenters. The second-order valence-electron chi connectivity index (χ2n) is 7.34. The number of amides is 1. The van der Waals surface area contributed by atoms with Gasteiger partial charge in [0.1, 0.15) is 0 Å². The van der Waals surface area contributed by atoms with Gasteiger partial charge in [-0.25, -0.2) is 4.98 Å². The minimum Gasteiger partial charge on any atom is -0.345 e. The number of carbonyl (C=O) groups is 2. The minimum absolute atomic E-state index is 0.0159. The van der Waals surface area contributed by atoms with Gasteiger partial charge in [0, 0.05) is 28.2 Å². The number of Topliss-reactive ketones (excluding diaryl/α,β-unsaturated/α-hetero) is 1. The summed E-state index contributed by atoms with van der Waals surface area (Å²) in [5.41, 5.74) is 4.47. The van der Waals surface area contributed by atoms with Gasteiger partial charge in [-0.2, -0.15) is 0 Å². The molecule has 5 nitrogen and oxygen atoms in total. The Bertz CT molecular complexity index is 1190. The third-order valence-electron chi connectivity index (χ3n) is 5.14. The number of hydrogen-bond acceptors (Lipinski definition) is 4. The zero-order chi connectivity index (χ0) is 21.1. The summed E-state index contributed by atoms with van der Waals surface area (Å²) in [6.45, 7) is 3.93. The average Bonchev–Trinajstić information content (AvgIpc) is 3.35. The van der Waals surface area contributed by atoms with Crippen molar-refractivity contribution >= 4 is 34.1 Å². The van der Waals surface area contributed by atoms with E-state index in [1.807, 2.05) is 68.4 Å². The number of benzene rings is 2. The summed E-state index contributed by atoms with van der Waals surface area (Å²) < 4.78 is 0. The molecule has 0 bridgehead atoms. The van der Waals surface area contributed by atoms with E-state index in [4.69, 9.17) is 0 Å². The molecule has 30 heavy (non-hydrogen) atoms. The molecule has 2 aromatic heterocycles. The minimum atomic E-state index is -0.299. The highest BCUT2D eigenvalue weighted by atomic mass is 32.1. The molecule has 2 aromatic carbocycles. The van der Waals surface area contributed by atoms with Crippen LogP contribution in [0, 0.1) is 13.8 Å². The largest absolute Gasteiger partial charge is 0.345 e. The van der Waals surface area contributed by atoms with Crippen molar-refractivity contribution in [1.29, 1.82) is 0 Å². The second-order valence-corrected chi connectivity index (χ2v) is 8.80. The molecule has 0 aliphatic rings. The Balaban J connectivity index is 1.51. The Morgan fingerprint density at radius 2 is 1.83 bits per heavy atom. The van der Waals surface area contributed by atoms with Gasteiger partial charge in [-0.3, -0.25) is 9.59 Å². The van der Waals surface area contributed by atoms with Crippen LogP contribution in [0.1, 0.15) is 50.1 Å². The number of aryl methyl sites for hydroxylation is 2.